The first-order valence-electron chi connectivity index (χ1n) is 11.0. The maximum absolute atomic E-state index is 12.7. The molecule has 2 aromatic carbocycles. The molecule has 0 amide bonds. The SMILES string of the molecule is CS(C)(C)CCOCn1c(Cc2n[nH]c(=O)c3ccccc23)cc2cc(Cl)c(OCC(F)F)cc21. The molecule has 0 atom stereocenters. The Morgan fingerprint density at radius 1 is 1.14 bits per heavy atom. The van der Waals surface area contributed by atoms with Crippen LogP contribution in [0.15, 0.2) is 47.3 Å². The Balaban J connectivity index is 1.73. The van der Waals surface area contributed by atoms with E-state index in [1.807, 2.05) is 28.8 Å². The van der Waals surface area contributed by atoms with E-state index >= 15 is 0 Å². The molecule has 0 aliphatic heterocycles. The first-order chi connectivity index (χ1) is 16.6. The van der Waals surface area contributed by atoms with Gasteiger partial charge in [0.05, 0.1) is 28.2 Å². The Morgan fingerprint density at radius 3 is 2.60 bits per heavy atom. The van der Waals surface area contributed by atoms with Crippen LogP contribution in [0.3, 0.4) is 0 Å². The average molecular weight is 524 g/mol. The summed E-state index contributed by atoms with van der Waals surface area (Å²) in [5.41, 5.74) is 2.11. The highest BCUT2D eigenvalue weighted by molar-refractivity contribution is 8.32. The molecule has 0 saturated carbocycles. The lowest BCUT2D eigenvalue weighted by Crippen LogP contribution is -2.14. The number of rotatable bonds is 10. The number of halogens is 3. The standard InChI is InChI=1S/C25H28ClF2N3O3S/c1-35(2,3)9-8-33-15-31-17(12-21-18-6-4-5-7-19(18)25(32)30-29-21)10-16-11-20(26)23(13-22(16)31)34-14-24(27)28/h4-7,10-11,13,24H,8-9,12,14-15H2,1-3H3,(H,30,32). The van der Waals surface area contributed by atoms with Crippen LogP contribution in [-0.2, 0) is 17.9 Å². The number of nitrogens with zero attached hydrogens (tertiary/aromatic N) is 2. The summed E-state index contributed by atoms with van der Waals surface area (Å²) in [7, 11) is -0.709. The van der Waals surface area contributed by atoms with Crippen LogP contribution in [0.2, 0.25) is 5.02 Å². The van der Waals surface area contributed by atoms with Crippen LogP contribution in [0, 0.1) is 0 Å². The highest BCUT2D eigenvalue weighted by Gasteiger charge is 2.17. The molecule has 0 aliphatic carbocycles. The topological polar surface area (TPSA) is 69.1 Å². The number of benzene rings is 2. The van der Waals surface area contributed by atoms with Crippen molar-refractivity contribution >= 4 is 43.3 Å². The van der Waals surface area contributed by atoms with Gasteiger partial charge in [-0.15, -0.1) is 0 Å². The molecule has 2 heterocycles. The van der Waals surface area contributed by atoms with Gasteiger partial charge in [-0.1, -0.05) is 29.8 Å². The van der Waals surface area contributed by atoms with Crippen LogP contribution >= 0.6 is 21.6 Å². The highest BCUT2D eigenvalue weighted by Crippen LogP contribution is 2.35. The van der Waals surface area contributed by atoms with Gasteiger partial charge in [-0.3, -0.25) is 4.79 Å². The fraction of sp³-hybridized carbons (Fsp3) is 0.360. The van der Waals surface area contributed by atoms with Gasteiger partial charge in [0.15, 0.2) is 0 Å². The largest absolute Gasteiger partial charge is 0.486 e. The molecule has 0 radical (unpaired) electrons. The third-order valence-corrected chi connectivity index (χ3v) is 7.28. The second-order valence-electron chi connectivity index (χ2n) is 9.16. The van der Waals surface area contributed by atoms with E-state index in [4.69, 9.17) is 21.1 Å². The lowest BCUT2D eigenvalue weighted by atomic mass is 10.1. The molecule has 0 saturated heterocycles. The number of nitrogens with one attached hydrogen (secondary N) is 1. The zero-order valence-corrected chi connectivity index (χ0v) is 21.4. The number of aromatic amines is 1. The molecule has 6 nitrogen and oxygen atoms in total. The number of hydrogen-bond acceptors (Lipinski definition) is 4. The predicted octanol–water partition coefficient (Wildman–Crippen LogP) is 5.43. The quantitative estimate of drug-likeness (QED) is 0.281. The number of hydrogen-bond donors (Lipinski definition) is 1. The molecule has 188 valence electrons. The second kappa shape index (κ2) is 10.6. The Kier molecular flexibility index (Phi) is 7.68. The van der Waals surface area contributed by atoms with E-state index in [2.05, 4.69) is 29.0 Å². The Hall–Kier alpha value is -2.62. The smallest absolute Gasteiger partial charge is 0.272 e. The molecule has 0 spiro atoms. The summed E-state index contributed by atoms with van der Waals surface area (Å²) in [6, 6.07) is 12.7. The average Bonchev–Trinajstić information content (AvgIpc) is 3.12. The molecular weight excluding hydrogens is 496 g/mol. The summed E-state index contributed by atoms with van der Waals surface area (Å²) in [6.45, 7) is 0.128. The van der Waals surface area contributed by atoms with Crippen molar-refractivity contribution in [3.63, 3.8) is 0 Å². The normalized spacial score (nSPS) is 12.7. The van der Waals surface area contributed by atoms with Crippen molar-refractivity contribution in [1.82, 2.24) is 14.8 Å². The molecular formula is C25H28ClF2N3O3S. The molecule has 4 aromatic rings. The summed E-state index contributed by atoms with van der Waals surface area (Å²) in [4.78, 5) is 12.2. The van der Waals surface area contributed by atoms with Gasteiger partial charge in [0.1, 0.15) is 19.1 Å². The van der Waals surface area contributed by atoms with E-state index in [9.17, 15) is 13.6 Å². The van der Waals surface area contributed by atoms with Crippen molar-refractivity contribution in [3.05, 3.63) is 69.2 Å². The molecule has 35 heavy (non-hydrogen) atoms. The van der Waals surface area contributed by atoms with Gasteiger partial charge >= 0.3 is 0 Å². The van der Waals surface area contributed by atoms with Crippen molar-refractivity contribution < 1.29 is 18.3 Å². The van der Waals surface area contributed by atoms with Gasteiger partial charge in [0.2, 0.25) is 0 Å². The van der Waals surface area contributed by atoms with Gasteiger partial charge in [-0.25, -0.2) is 23.9 Å². The maximum atomic E-state index is 12.7. The predicted molar refractivity (Wildman–Crippen MR) is 140 cm³/mol. The van der Waals surface area contributed by atoms with Gasteiger partial charge in [-0.2, -0.15) is 5.10 Å². The van der Waals surface area contributed by atoms with E-state index in [0.29, 0.717) is 24.1 Å². The molecule has 0 fully saturated rings. The van der Waals surface area contributed by atoms with Crippen LogP contribution < -0.4 is 10.3 Å². The lowest BCUT2D eigenvalue weighted by molar-refractivity contribution is 0.0817. The zero-order valence-electron chi connectivity index (χ0n) is 19.8. The van der Waals surface area contributed by atoms with E-state index in [1.165, 1.54) is 0 Å². The van der Waals surface area contributed by atoms with Gasteiger partial charge < -0.3 is 14.0 Å². The van der Waals surface area contributed by atoms with Gasteiger partial charge in [0, 0.05) is 34.7 Å². The van der Waals surface area contributed by atoms with Crippen LogP contribution in [0.4, 0.5) is 8.78 Å². The molecule has 0 aliphatic rings. The summed E-state index contributed by atoms with van der Waals surface area (Å²) in [5, 5.41) is 9.29. The fourth-order valence-electron chi connectivity index (χ4n) is 3.82. The van der Waals surface area contributed by atoms with E-state index in [0.717, 1.165) is 27.7 Å². The third-order valence-electron chi connectivity index (χ3n) is 5.59. The lowest BCUT2D eigenvalue weighted by Gasteiger charge is -2.24. The highest BCUT2D eigenvalue weighted by atomic mass is 35.5. The van der Waals surface area contributed by atoms with Crippen molar-refractivity contribution in [2.75, 3.05) is 37.7 Å². The first kappa shape index (κ1) is 25.5. The van der Waals surface area contributed by atoms with Gasteiger partial charge in [0.25, 0.3) is 12.0 Å². The molecule has 10 heteroatoms. The summed E-state index contributed by atoms with van der Waals surface area (Å²) >= 11 is 6.32. The third kappa shape index (κ3) is 6.15. The Morgan fingerprint density at radius 2 is 1.89 bits per heavy atom. The van der Waals surface area contributed by atoms with Crippen molar-refractivity contribution in [2.24, 2.45) is 0 Å². The van der Waals surface area contributed by atoms with Crippen LogP contribution in [0.5, 0.6) is 5.75 Å². The number of aromatic nitrogens is 3. The molecule has 0 bridgehead atoms. The summed E-state index contributed by atoms with van der Waals surface area (Å²) < 4.78 is 38.7. The van der Waals surface area contributed by atoms with E-state index in [-0.39, 0.29) is 23.1 Å². The van der Waals surface area contributed by atoms with Crippen molar-refractivity contribution in [3.8, 4) is 5.75 Å². The Bertz CT molecular complexity index is 1400. The number of ether oxygens (including phenoxy) is 2. The number of fused-ring (bicyclic) bond motifs is 2. The second-order valence-corrected chi connectivity index (χ2v) is 14.2. The molecule has 0 unspecified atom stereocenters. The summed E-state index contributed by atoms with van der Waals surface area (Å²) in [6.07, 6.45) is 4.51. The molecule has 1 N–H and O–H groups in total. The summed E-state index contributed by atoms with van der Waals surface area (Å²) in [5.74, 6) is 1.15. The fourth-order valence-corrected chi connectivity index (χ4v) is 4.67. The number of alkyl halides is 2. The Labute approximate surface area is 208 Å². The minimum Gasteiger partial charge on any atom is -0.486 e. The van der Waals surface area contributed by atoms with Gasteiger partial charge in [-0.05, 0) is 37.0 Å². The first-order valence-corrected chi connectivity index (χ1v) is 14.5. The zero-order chi connectivity index (χ0) is 25.2. The minimum atomic E-state index is -2.60. The van der Waals surface area contributed by atoms with Crippen LogP contribution in [0.1, 0.15) is 11.4 Å². The van der Waals surface area contributed by atoms with Crippen molar-refractivity contribution in [2.45, 2.75) is 19.6 Å². The number of H-pyrrole nitrogens is 1. The molecule has 4 rings (SSSR count). The maximum Gasteiger partial charge on any atom is 0.272 e. The monoisotopic (exact) mass is 523 g/mol. The van der Waals surface area contributed by atoms with E-state index < -0.39 is 23.1 Å². The molecule has 2 aromatic heterocycles. The van der Waals surface area contributed by atoms with Crippen LogP contribution in [-0.4, -0.2) is 58.9 Å². The van der Waals surface area contributed by atoms with Crippen molar-refractivity contribution in [1.29, 1.82) is 0 Å². The van der Waals surface area contributed by atoms with E-state index in [1.54, 1.807) is 18.2 Å². The van der Waals surface area contributed by atoms with Crippen LogP contribution in [0.25, 0.3) is 21.7 Å². The minimum absolute atomic E-state index is 0.192.